The van der Waals surface area contributed by atoms with Crippen LogP contribution >= 0.6 is 0 Å². The molecule has 1 aromatic rings. The van der Waals surface area contributed by atoms with Crippen molar-refractivity contribution in [1.29, 1.82) is 5.26 Å². The Hall–Kier alpha value is -3.45. The van der Waals surface area contributed by atoms with Gasteiger partial charge in [-0.15, -0.1) is 0 Å². The maximum Gasteiger partial charge on any atom is 0.243 e. The Balaban J connectivity index is 2.09. The molecule has 10 heteroatoms. The third kappa shape index (κ3) is 6.56. The number of hydrogen-bond acceptors (Lipinski definition) is 6. The van der Waals surface area contributed by atoms with Crippen LogP contribution in [0.2, 0.25) is 0 Å². The zero-order valence-corrected chi connectivity index (χ0v) is 17.0. The van der Waals surface area contributed by atoms with Crippen LogP contribution in [-0.4, -0.2) is 61.9 Å². The van der Waals surface area contributed by atoms with Gasteiger partial charge in [-0.3, -0.25) is 19.2 Å². The minimum Gasteiger partial charge on any atom is -0.358 e. The number of rotatable bonds is 8. The molecule has 3 unspecified atom stereocenters. The molecular weight excluding hydrogens is 388 g/mol. The third-order valence-electron chi connectivity index (χ3n) is 4.75. The standard InChI is InChI=1S/C20H26N6O4/c1-12(27)25-15-8-16(23-10-15)20(30)26-17(19(29)24-11-18(28)22-2)7-13-5-3-4-6-14(13)9-21/h3-6,15-17,23H,7-8,10-11H2,1-2H3,(H,22,28)(H,24,29)(H,25,27)(H,26,30). The third-order valence-corrected chi connectivity index (χ3v) is 4.75. The zero-order chi connectivity index (χ0) is 22.1. The van der Waals surface area contributed by atoms with Crippen molar-refractivity contribution >= 4 is 23.6 Å². The molecular formula is C20H26N6O4. The molecule has 0 radical (unpaired) electrons. The quantitative estimate of drug-likeness (QED) is 0.342. The second-order valence-corrected chi connectivity index (χ2v) is 7.02. The van der Waals surface area contributed by atoms with Gasteiger partial charge in [-0.05, 0) is 18.1 Å². The Morgan fingerprint density at radius 1 is 1.27 bits per heavy atom. The lowest BCUT2D eigenvalue weighted by Gasteiger charge is -2.21. The molecule has 3 atom stereocenters. The van der Waals surface area contributed by atoms with Crippen molar-refractivity contribution in [2.75, 3.05) is 20.1 Å². The SMILES string of the molecule is CNC(=O)CNC(=O)C(Cc1ccccc1C#N)NC(=O)C1CC(NC(C)=O)CN1. The van der Waals surface area contributed by atoms with E-state index in [4.69, 9.17) is 0 Å². The highest BCUT2D eigenvalue weighted by Gasteiger charge is 2.32. The summed E-state index contributed by atoms with van der Waals surface area (Å²) in [6.45, 7) is 1.63. The summed E-state index contributed by atoms with van der Waals surface area (Å²) in [6, 6.07) is 7.16. The molecule has 4 amide bonds. The Bertz CT molecular complexity index is 850. The Morgan fingerprint density at radius 2 is 2.00 bits per heavy atom. The fourth-order valence-electron chi connectivity index (χ4n) is 3.22. The van der Waals surface area contributed by atoms with Gasteiger partial charge in [0.25, 0.3) is 0 Å². The molecule has 1 heterocycles. The summed E-state index contributed by atoms with van der Waals surface area (Å²) in [4.78, 5) is 48.0. The smallest absolute Gasteiger partial charge is 0.243 e. The van der Waals surface area contributed by atoms with Gasteiger partial charge in [-0.2, -0.15) is 5.26 Å². The van der Waals surface area contributed by atoms with Gasteiger partial charge in [0, 0.05) is 33.0 Å². The molecule has 30 heavy (non-hydrogen) atoms. The predicted octanol–water partition coefficient (Wildman–Crippen LogP) is -1.69. The van der Waals surface area contributed by atoms with E-state index in [1.807, 2.05) is 0 Å². The van der Waals surface area contributed by atoms with E-state index in [1.54, 1.807) is 24.3 Å². The van der Waals surface area contributed by atoms with E-state index in [-0.39, 0.29) is 30.8 Å². The van der Waals surface area contributed by atoms with Crippen molar-refractivity contribution in [2.24, 2.45) is 0 Å². The van der Waals surface area contributed by atoms with Gasteiger partial charge < -0.3 is 26.6 Å². The van der Waals surface area contributed by atoms with Crippen LogP contribution in [-0.2, 0) is 25.6 Å². The highest BCUT2D eigenvalue weighted by Crippen LogP contribution is 2.12. The molecule has 160 valence electrons. The second kappa shape index (κ2) is 10.9. The molecule has 2 rings (SSSR count). The summed E-state index contributed by atoms with van der Waals surface area (Å²) < 4.78 is 0. The number of amides is 4. The number of nitrogens with one attached hydrogen (secondary N) is 5. The van der Waals surface area contributed by atoms with Crippen molar-refractivity contribution in [3.8, 4) is 6.07 Å². The molecule has 0 spiro atoms. The Kier molecular flexibility index (Phi) is 8.31. The normalized spacial score (nSPS) is 18.6. The molecule has 1 saturated heterocycles. The van der Waals surface area contributed by atoms with Crippen LogP contribution in [0.25, 0.3) is 0 Å². The van der Waals surface area contributed by atoms with Crippen LogP contribution in [0.5, 0.6) is 0 Å². The number of nitriles is 1. The number of carbonyl (C=O) groups is 4. The van der Waals surface area contributed by atoms with E-state index >= 15 is 0 Å². The number of likely N-dealkylation sites (N-methyl/N-ethyl adjacent to an activating group) is 1. The summed E-state index contributed by atoms with van der Waals surface area (Å²) in [5.41, 5.74) is 1.01. The van der Waals surface area contributed by atoms with Gasteiger partial charge in [-0.1, -0.05) is 18.2 Å². The number of nitrogens with zero attached hydrogens (tertiary/aromatic N) is 1. The van der Waals surface area contributed by atoms with Gasteiger partial charge in [0.15, 0.2) is 0 Å². The molecule has 1 aliphatic rings. The first-order valence-electron chi connectivity index (χ1n) is 9.61. The maximum atomic E-state index is 12.7. The number of benzene rings is 1. The van der Waals surface area contributed by atoms with Crippen LogP contribution in [0.1, 0.15) is 24.5 Å². The lowest BCUT2D eigenvalue weighted by Crippen LogP contribution is -2.53. The fraction of sp³-hybridized carbons (Fsp3) is 0.450. The Morgan fingerprint density at radius 3 is 2.67 bits per heavy atom. The van der Waals surface area contributed by atoms with Crippen LogP contribution in [0, 0.1) is 11.3 Å². The second-order valence-electron chi connectivity index (χ2n) is 7.02. The van der Waals surface area contributed by atoms with Gasteiger partial charge in [0.05, 0.1) is 24.2 Å². The Labute approximate surface area is 174 Å². The molecule has 1 aliphatic heterocycles. The predicted molar refractivity (Wildman–Crippen MR) is 108 cm³/mol. The summed E-state index contributed by atoms with van der Waals surface area (Å²) in [5.74, 6) is -1.47. The average molecular weight is 414 g/mol. The molecule has 0 bridgehead atoms. The van der Waals surface area contributed by atoms with Gasteiger partial charge in [0.1, 0.15) is 6.04 Å². The monoisotopic (exact) mass is 414 g/mol. The molecule has 0 aromatic heterocycles. The van der Waals surface area contributed by atoms with Crippen molar-refractivity contribution in [2.45, 2.75) is 37.9 Å². The van der Waals surface area contributed by atoms with E-state index in [0.29, 0.717) is 24.1 Å². The minimum absolute atomic E-state index is 0.0941. The van der Waals surface area contributed by atoms with Crippen molar-refractivity contribution in [3.63, 3.8) is 0 Å². The van der Waals surface area contributed by atoms with Crippen molar-refractivity contribution < 1.29 is 19.2 Å². The topological polar surface area (TPSA) is 152 Å². The van der Waals surface area contributed by atoms with Crippen LogP contribution in [0.4, 0.5) is 0 Å². The van der Waals surface area contributed by atoms with Crippen molar-refractivity contribution in [3.05, 3.63) is 35.4 Å². The first-order chi connectivity index (χ1) is 14.3. The van der Waals surface area contributed by atoms with Crippen molar-refractivity contribution in [1.82, 2.24) is 26.6 Å². The van der Waals surface area contributed by atoms with Gasteiger partial charge >= 0.3 is 0 Å². The summed E-state index contributed by atoms with van der Waals surface area (Å²) in [5, 5.41) is 22.7. The summed E-state index contributed by atoms with van der Waals surface area (Å²) in [6.07, 6.45) is 0.490. The maximum absolute atomic E-state index is 12.7. The average Bonchev–Trinajstić information content (AvgIpc) is 3.19. The minimum atomic E-state index is -0.974. The largest absolute Gasteiger partial charge is 0.358 e. The molecule has 1 aromatic carbocycles. The van der Waals surface area contributed by atoms with Crippen LogP contribution in [0.15, 0.2) is 24.3 Å². The van der Waals surface area contributed by atoms with E-state index in [9.17, 15) is 24.4 Å². The highest BCUT2D eigenvalue weighted by molar-refractivity contribution is 5.92. The summed E-state index contributed by atoms with van der Waals surface area (Å²) >= 11 is 0. The van der Waals surface area contributed by atoms with Gasteiger partial charge in [0.2, 0.25) is 23.6 Å². The molecule has 1 fully saturated rings. The zero-order valence-electron chi connectivity index (χ0n) is 17.0. The number of hydrogen-bond donors (Lipinski definition) is 5. The fourth-order valence-corrected chi connectivity index (χ4v) is 3.22. The summed E-state index contributed by atoms with van der Waals surface area (Å²) in [7, 11) is 1.45. The van der Waals surface area contributed by atoms with Gasteiger partial charge in [-0.25, -0.2) is 0 Å². The first-order valence-corrected chi connectivity index (χ1v) is 9.61. The van der Waals surface area contributed by atoms with Crippen LogP contribution in [0.3, 0.4) is 0 Å². The lowest BCUT2D eigenvalue weighted by atomic mass is 10.00. The first kappa shape index (κ1) is 22.8. The van der Waals surface area contributed by atoms with Crippen LogP contribution < -0.4 is 26.6 Å². The molecule has 10 nitrogen and oxygen atoms in total. The molecule has 5 N–H and O–H groups in total. The van der Waals surface area contributed by atoms with E-state index in [0.717, 1.165) is 0 Å². The van der Waals surface area contributed by atoms with E-state index in [2.05, 4.69) is 32.7 Å². The molecule has 0 aliphatic carbocycles. The molecule has 0 saturated carbocycles. The lowest BCUT2D eigenvalue weighted by molar-refractivity contribution is -0.131. The van der Waals surface area contributed by atoms with E-state index in [1.165, 1.54) is 14.0 Å². The van der Waals surface area contributed by atoms with E-state index < -0.39 is 23.9 Å². The highest BCUT2D eigenvalue weighted by atomic mass is 16.2. The number of carbonyl (C=O) groups excluding carboxylic acids is 4.